The van der Waals surface area contributed by atoms with E-state index in [9.17, 15) is 0 Å². The first-order chi connectivity index (χ1) is 17.0. The maximum atomic E-state index is 6.21. The van der Waals surface area contributed by atoms with Crippen molar-refractivity contribution in [1.82, 2.24) is 9.55 Å². The average molecular weight is 520 g/mol. The second-order valence-corrected chi connectivity index (χ2v) is 10.0. The maximum absolute atomic E-state index is 6.21. The zero-order chi connectivity index (χ0) is 24.4. The highest BCUT2D eigenvalue weighted by Crippen LogP contribution is 2.35. The van der Waals surface area contributed by atoms with Gasteiger partial charge in [-0.1, -0.05) is 84.2 Å². The highest BCUT2D eigenvalue weighted by atomic mass is 35.5. The van der Waals surface area contributed by atoms with E-state index >= 15 is 0 Å². The van der Waals surface area contributed by atoms with Gasteiger partial charge in [-0.05, 0) is 77.2 Å². The van der Waals surface area contributed by atoms with E-state index in [2.05, 4.69) is 60.0 Å². The predicted octanol–water partition coefficient (Wildman–Crippen LogP) is 8.98. The molecular weight excluding hydrogens is 495 g/mol. The predicted molar refractivity (Wildman–Crippen MR) is 148 cm³/mol. The van der Waals surface area contributed by atoms with Crippen LogP contribution in [0.15, 0.2) is 91.0 Å². The standard InChI is InChI=1S/C30H25Cl3N2/c1-2-29-34-27-15-10-23(19-28(27)35(29)17-16-20-4-3-5-26(33)18-20)30(21-6-11-24(31)12-7-21)22-8-13-25(32)14-9-22/h3-15,18-19,30H,2,16-17H2,1H3. The van der Waals surface area contributed by atoms with Crippen LogP contribution in [0.2, 0.25) is 15.1 Å². The fourth-order valence-corrected chi connectivity index (χ4v) is 5.17. The summed E-state index contributed by atoms with van der Waals surface area (Å²) in [7, 11) is 0. The normalized spacial score (nSPS) is 11.5. The highest BCUT2D eigenvalue weighted by Gasteiger charge is 2.19. The highest BCUT2D eigenvalue weighted by molar-refractivity contribution is 6.31. The molecule has 2 nitrogen and oxygen atoms in total. The van der Waals surface area contributed by atoms with E-state index in [-0.39, 0.29) is 5.92 Å². The third-order valence-electron chi connectivity index (χ3n) is 6.42. The summed E-state index contributed by atoms with van der Waals surface area (Å²) >= 11 is 18.6. The molecule has 0 bridgehead atoms. The topological polar surface area (TPSA) is 17.8 Å². The first-order valence-electron chi connectivity index (χ1n) is 11.8. The maximum Gasteiger partial charge on any atom is 0.109 e. The van der Waals surface area contributed by atoms with E-state index in [1.165, 1.54) is 22.3 Å². The number of rotatable bonds is 7. The summed E-state index contributed by atoms with van der Waals surface area (Å²) in [6.07, 6.45) is 1.76. The largest absolute Gasteiger partial charge is 0.328 e. The Morgan fingerprint density at radius 1 is 0.714 bits per heavy atom. The third kappa shape index (κ3) is 5.26. The fourth-order valence-electron chi connectivity index (χ4n) is 4.71. The molecule has 0 amide bonds. The molecule has 35 heavy (non-hydrogen) atoms. The van der Waals surface area contributed by atoms with Crippen molar-refractivity contribution in [3.63, 3.8) is 0 Å². The van der Waals surface area contributed by atoms with Crippen LogP contribution < -0.4 is 0 Å². The van der Waals surface area contributed by atoms with Gasteiger partial charge in [-0.15, -0.1) is 0 Å². The average Bonchev–Trinajstić information content (AvgIpc) is 3.22. The Morgan fingerprint density at radius 2 is 1.34 bits per heavy atom. The molecule has 1 aromatic heterocycles. The van der Waals surface area contributed by atoms with Crippen molar-refractivity contribution in [2.75, 3.05) is 0 Å². The van der Waals surface area contributed by atoms with Gasteiger partial charge < -0.3 is 4.57 Å². The number of benzene rings is 4. The van der Waals surface area contributed by atoms with Crippen molar-refractivity contribution in [2.24, 2.45) is 0 Å². The van der Waals surface area contributed by atoms with E-state index in [4.69, 9.17) is 39.8 Å². The summed E-state index contributed by atoms with van der Waals surface area (Å²) in [6, 6.07) is 30.9. The van der Waals surface area contributed by atoms with Gasteiger partial charge in [0.25, 0.3) is 0 Å². The molecule has 0 unspecified atom stereocenters. The van der Waals surface area contributed by atoms with Crippen LogP contribution in [0.1, 0.15) is 40.9 Å². The molecule has 176 valence electrons. The Kier molecular flexibility index (Phi) is 7.15. The van der Waals surface area contributed by atoms with Crippen molar-refractivity contribution in [3.05, 3.63) is 134 Å². The van der Waals surface area contributed by atoms with Gasteiger partial charge in [-0.2, -0.15) is 0 Å². The van der Waals surface area contributed by atoms with Gasteiger partial charge in [-0.3, -0.25) is 0 Å². The molecule has 0 N–H and O–H groups in total. The lowest BCUT2D eigenvalue weighted by Crippen LogP contribution is -2.07. The van der Waals surface area contributed by atoms with Gasteiger partial charge >= 0.3 is 0 Å². The van der Waals surface area contributed by atoms with Gasteiger partial charge in [-0.25, -0.2) is 4.98 Å². The monoisotopic (exact) mass is 518 g/mol. The Balaban J connectivity index is 1.59. The van der Waals surface area contributed by atoms with Crippen LogP contribution >= 0.6 is 34.8 Å². The van der Waals surface area contributed by atoms with Crippen molar-refractivity contribution in [3.8, 4) is 0 Å². The zero-order valence-electron chi connectivity index (χ0n) is 19.4. The Labute approximate surface area is 221 Å². The summed E-state index contributed by atoms with van der Waals surface area (Å²) in [5.74, 6) is 1.14. The molecule has 0 saturated heterocycles. The number of hydrogen-bond acceptors (Lipinski definition) is 1. The number of nitrogens with zero attached hydrogens (tertiary/aromatic N) is 2. The molecule has 0 aliphatic carbocycles. The number of halogens is 3. The summed E-state index contributed by atoms with van der Waals surface area (Å²) in [5, 5.41) is 2.22. The number of imidazole rings is 1. The zero-order valence-corrected chi connectivity index (χ0v) is 21.7. The molecule has 5 rings (SSSR count). The number of aryl methyl sites for hydroxylation is 3. The molecule has 0 radical (unpaired) electrons. The van der Waals surface area contributed by atoms with Crippen LogP contribution in [-0.2, 0) is 19.4 Å². The van der Waals surface area contributed by atoms with Gasteiger partial charge in [0.15, 0.2) is 0 Å². The number of hydrogen-bond donors (Lipinski definition) is 0. The lowest BCUT2D eigenvalue weighted by Gasteiger charge is -2.20. The number of fused-ring (bicyclic) bond motifs is 1. The second-order valence-electron chi connectivity index (χ2n) is 8.70. The van der Waals surface area contributed by atoms with Crippen molar-refractivity contribution < 1.29 is 0 Å². The molecule has 0 atom stereocenters. The Bertz CT molecular complexity index is 1410. The molecule has 5 aromatic rings. The van der Waals surface area contributed by atoms with E-state index in [0.29, 0.717) is 0 Å². The van der Waals surface area contributed by atoms with Crippen molar-refractivity contribution in [1.29, 1.82) is 0 Å². The summed E-state index contributed by atoms with van der Waals surface area (Å²) < 4.78 is 2.35. The van der Waals surface area contributed by atoms with Crippen LogP contribution in [-0.4, -0.2) is 9.55 Å². The minimum Gasteiger partial charge on any atom is -0.328 e. The second kappa shape index (κ2) is 10.5. The van der Waals surface area contributed by atoms with E-state index in [1.54, 1.807) is 0 Å². The molecule has 0 spiro atoms. The minimum absolute atomic E-state index is 0.0512. The van der Waals surface area contributed by atoms with Crippen LogP contribution in [0, 0.1) is 0 Å². The first kappa shape index (κ1) is 23.9. The van der Waals surface area contributed by atoms with Crippen LogP contribution in [0.3, 0.4) is 0 Å². The lowest BCUT2D eigenvalue weighted by molar-refractivity contribution is 0.674. The molecule has 5 heteroatoms. The van der Waals surface area contributed by atoms with Gasteiger partial charge in [0.05, 0.1) is 11.0 Å². The SMILES string of the molecule is CCc1nc2ccc(C(c3ccc(Cl)cc3)c3ccc(Cl)cc3)cc2n1CCc1cccc(Cl)c1. The van der Waals surface area contributed by atoms with Crippen LogP contribution in [0.5, 0.6) is 0 Å². The van der Waals surface area contributed by atoms with Crippen LogP contribution in [0.25, 0.3) is 11.0 Å². The van der Waals surface area contributed by atoms with Crippen LogP contribution in [0.4, 0.5) is 0 Å². The smallest absolute Gasteiger partial charge is 0.109 e. The van der Waals surface area contributed by atoms with E-state index < -0.39 is 0 Å². The number of aromatic nitrogens is 2. The van der Waals surface area contributed by atoms with Gasteiger partial charge in [0.2, 0.25) is 0 Å². The quantitative estimate of drug-likeness (QED) is 0.196. The van der Waals surface area contributed by atoms with Crippen molar-refractivity contribution >= 4 is 45.8 Å². The fraction of sp³-hybridized carbons (Fsp3) is 0.167. The Hall–Kier alpha value is -2.78. The summed E-state index contributed by atoms with van der Waals surface area (Å²) in [6.45, 7) is 3.00. The van der Waals surface area contributed by atoms with E-state index in [0.717, 1.165) is 51.3 Å². The molecule has 0 saturated carbocycles. The summed E-state index contributed by atoms with van der Waals surface area (Å²) in [4.78, 5) is 4.93. The van der Waals surface area contributed by atoms with Crippen molar-refractivity contribution in [2.45, 2.75) is 32.2 Å². The molecule has 0 fully saturated rings. The summed E-state index contributed by atoms with van der Waals surface area (Å²) in [5.41, 5.74) is 6.94. The van der Waals surface area contributed by atoms with Gasteiger partial charge in [0, 0.05) is 34.0 Å². The van der Waals surface area contributed by atoms with E-state index in [1.807, 2.05) is 42.5 Å². The first-order valence-corrected chi connectivity index (χ1v) is 12.9. The minimum atomic E-state index is 0.0512. The third-order valence-corrected chi connectivity index (χ3v) is 7.16. The Morgan fingerprint density at radius 3 is 1.94 bits per heavy atom. The molecule has 0 aliphatic rings. The van der Waals surface area contributed by atoms with Gasteiger partial charge in [0.1, 0.15) is 5.82 Å². The molecular formula is C30H25Cl3N2. The lowest BCUT2D eigenvalue weighted by atomic mass is 9.85. The molecule has 1 heterocycles. The molecule has 0 aliphatic heterocycles. The molecule has 4 aromatic carbocycles.